The van der Waals surface area contributed by atoms with Crippen LogP contribution >= 0.6 is 23.2 Å². The number of para-hydroxylation sites is 1. The van der Waals surface area contributed by atoms with Crippen molar-refractivity contribution in [2.75, 3.05) is 51.2 Å². The van der Waals surface area contributed by atoms with Crippen molar-refractivity contribution in [1.82, 2.24) is 0 Å². The molecule has 1 aliphatic rings. The maximum atomic E-state index is 12.3. The minimum Gasteiger partial charge on any atom is -0.493 e. The smallest absolute Gasteiger partial charge is 0.279 e. The average Bonchev–Trinajstić information content (AvgIpc) is 2.70. The molecule has 1 saturated heterocycles. The number of benzene rings is 2. The molecule has 2 aromatic rings. The Morgan fingerprint density at radius 1 is 0.964 bits per heavy atom. The zero-order valence-electron chi connectivity index (χ0n) is 15.8. The van der Waals surface area contributed by atoms with E-state index in [0.29, 0.717) is 23.9 Å². The summed E-state index contributed by atoms with van der Waals surface area (Å²) >= 11 is 12.0. The lowest BCUT2D eigenvalue weighted by atomic mass is 10.2. The van der Waals surface area contributed by atoms with E-state index in [2.05, 4.69) is 5.32 Å². The number of piperazine rings is 1. The minimum atomic E-state index is 0.0166. The number of nitrogens with one attached hydrogen (secondary N) is 3. The summed E-state index contributed by atoms with van der Waals surface area (Å²) in [6.45, 7) is 6.45. The van der Waals surface area contributed by atoms with Gasteiger partial charge in [0, 0.05) is 11.4 Å². The number of carbonyl (C=O) groups excluding carboxylic acids is 1. The molecule has 1 fully saturated rings. The molecule has 0 unspecified atom stereocenters. The molecule has 0 saturated carbocycles. The summed E-state index contributed by atoms with van der Waals surface area (Å²) in [7, 11) is 0. The number of hydrogen-bond donors (Lipinski definition) is 3. The Kier molecular flexibility index (Phi) is 7.98. The summed E-state index contributed by atoms with van der Waals surface area (Å²) < 4.78 is 5.75. The van der Waals surface area contributed by atoms with Crippen molar-refractivity contribution in [3.05, 3.63) is 58.6 Å². The molecule has 0 spiro atoms. The van der Waals surface area contributed by atoms with Crippen LogP contribution in [0.2, 0.25) is 10.0 Å². The van der Waals surface area contributed by atoms with E-state index in [-0.39, 0.29) is 5.91 Å². The van der Waals surface area contributed by atoms with Crippen molar-refractivity contribution in [3.8, 4) is 5.75 Å². The molecule has 5 nitrogen and oxygen atoms in total. The van der Waals surface area contributed by atoms with Crippen LogP contribution in [0.15, 0.2) is 48.5 Å². The fourth-order valence-corrected chi connectivity index (χ4v) is 3.72. The lowest BCUT2D eigenvalue weighted by Crippen LogP contribution is -3.28. The summed E-state index contributed by atoms with van der Waals surface area (Å²) in [6, 6.07) is 14.8. The summed E-state index contributed by atoms with van der Waals surface area (Å²) in [6.07, 6.45) is 1.01. The van der Waals surface area contributed by atoms with E-state index in [4.69, 9.17) is 27.9 Å². The van der Waals surface area contributed by atoms with Gasteiger partial charge in [-0.25, -0.2) is 0 Å². The van der Waals surface area contributed by atoms with Crippen LogP contribution in [0.3, 0.4) is 0 Å². The Morgan fingerprint density at radius 3 is 2.36 bits per heavy atom. The number of ether oxygens (including phenoxy) is 1. The molecule has 28 heavy (non-hydrogen) atoms. The van der Waals surface area contributed by atoms with Crippen LogP contribution in [0.1, 0.15) is 6.42 Å². The molecular formula is C21H27Cl2N3O2+2. The van der Waals surface area contributed by atoms with Gasteiger partial charge in [-0.3, -0.25) is 4.79 Å². The van der Waals surface area contributed by atoms with Gasteiger partial charge in [0.15, 0.2) is 6.54 Å². The first kappa shape index (κ1) is 20.9. The summed E-state index contributed by atoms with van der Waals surface area (Å²) in [5.41, 5.74) is 0.679. The molecule has 150 valence electrons. The molecule has 0 aromatic heterocycles. The van der Waals surface area contributed by atoms with Gasteiger partial charge in [0.1, 0.15) is 31.9 Å². The first-order chi connectivity index (χ1) is 13.6. The van der Waals surface area contributed by atoms with Crippen molar-refractivity contribution < 1.29 is 19.3 Å². The molecular weight excluding hydrogens is 397 g/mol. The van der Waals surface area contributed by atoms with E-state index in [1.807, 2.05) is 42.5 Å². The molecule has 0 atom stereocenters. The molecule has 2 aromatic carbocycles. The number of anilines is 1. The van der Waals surface area contributed by atoms with E-state index >= 15 is 0 Å². The van der Waals surface area contributed by atoms with E-state index in [0.717, 1.165) is 49.9 Å². The predicted molar refractivity (Wildman–Crippen MR) is 113 cm³/mol. The zero-order chi connectivity index (χ0) is 19.8. The highest BCUT2D eigenvalue weighted by atomic mass is 35.5. The van der Waals surface area contributed by atoms with Crippen LogP contribution in [0.25, 0.3) is 0 Å². The zero-order valence-corrected chi connectivity index (χ0v) is 17.4. The largest absolute Gasteiger partial charge is 0.493 e. The average molecular weight is 424 g/mol. The van der Waals surface area contributed by atoms with Crippen molar-refractivity contribution in [1.29, 1.82) is 0 Å². The molecule has 0 aliphatic carbocycles. The third-order valence-electron chi connectivity index (χ3n) is 4.98. The van der Waals surface area contributed by atoms with Crippen molar-refractivity contribution in [3.63, 3.8) is 0 Å². The minimum absolute atomic E-state index is 0.0166. The highest BCUT2D eigenvalue weighted by Gasteiger charge is 2.24. The molecule has 3 rings (SSSR count). The number of rotatable bonds is 8. The molecule has 0 bridgehead atoms. The molecule has 1 amide bonds. The second-order valence-corrected chi connectivity index (χ2v) is 7.95. The van der Waals surface area contributed by atoms with Crippen LogP contribution in [0.4, 0.5) is 5.69 Å². The van der Waals surface area contributed by atoms with E-state index in [9.17, 15) is 4.79 Å². The lowest BCUT2D eigenvalue weighted by molar-refractivity contribution is -1.01. The van der Waals surface area contributed by atoms with E-state index in [1.54, 1.807) is 11.0 Å². The number of halogens is 2. The fraction of sp³-hybridized carbons (Fsp3) is 0.381. The van der Waals surface area contributed by atoms with E-state index < -0.39 is 0 Å². The second-order valence-electron chi connectivity index (χ2n) is 7.11. The summed E-state index contributed by atoms with van der Waals surface area (Å²) in [5, 5.41) is 4.20. The third-order valence-corrected chi connectivity index (χ3v) is 5.56. The van der Waals surface area contributed by atoms with Crippen molar-refractivity contribution in [2.45, 2.75) is 6.42 Å². The number of carbonyl (C=O) groups is 1. The Labute approximate surface area is 176 Å². The van der Waals surface area contributed by atoms with Crippen LogP contribution in [0.5, 0.6) is 5.75 Å². The molecule has 0 radical (unpaired) electrons. The maximum Gasteiger partial charge on any atom is 0.279 e. The fourth-order valence-electron chi connectivity index (χ4n) is 3.41. The van der Waals surface area contributed by atoms with Gasteiger partial charge in [0.05, 0.1) is 23.9 Å². The van der Waals surface area contributed by atoms with Crippen LogP contribution < -0.4 is 19.9 Å². The van der Waals surface area contributed by atoms with Crippen molar-refractivity contribution >= 4 is 34.8 Å². The normalized spacial score (nSPS) is 19.2. The Hall–Kier alpha value is -1.79. The second kappa shape index (κ2) is 10.7. The first-order valence-corrected chi connectivity index (χ1v) is 10.5. The monoisotopic (exact) mass is 423 g/mol. The summed E-state index contributed by atoms with van der Waals surface area (Å²) in [5.74, 6) is 0.876. The highest BCUT2D eigenvalue weighted by molar-refractivity contribution is 6.33. The summed E-state index contributed by atoms with van der Waals surface area (Å²) in [4.78, 5) is 15.2. The number of amides is 1. The predicted octanol–water partition coefficient (Wildman–Crippen LogP) is 1.18. The van der Waals surface area contributed by atoms with E-state index in [1.165, 1.54) is 4.90 Å². The molecule has 1 aliphatic heterocycles. The third kappa shape index (κ3) is 6.67. The van der Waals surface area contributed by atoms with Gasteiger partial charge in [0.25, 0.3) is 5.91 Å². The van der Waals surface area contributed by atoms with Crippen LogP contribution in [-0.2, 0) is 4.79 Å². The Bertz CT molecular complexity index is 763. The number of quaternary nitrogens is 2. The van der Waals surface area contributed by atoms with Gasteiger partial charge in [0.2, 0.25) is 0 Å². The lowest BCUT2D eigenvalue weighted by Gasteiger charge is -2.29. The topological polar surface area (TPSA) is 47.2 Å². The molecule has 3 N–H and O–H groups in total. The molecule has 1 heterocycles. The van der Waals surface area contributed by atoms with Gasteiger partial charge >= 0.3 is 0 Å². The van der Waals surface area contributed by atoms with Crippen LogP contribution in [-0.4, -0.2) is 51.8 Å². The number of hydrogen-bond acceptors (Lipinski definition) is 2. The van der Waals surface area contributed by atoms with Gasteiger partial charge in [-0.1, -0.05) is 35.3 Å². The molecule has 7 heteroatoms. The van der Waals surface area contributed by atoms with Crippen molar-refractivity contribution in [2.24, 2.45) is 0 Å². The van der Waals surface area contributed by atoms with Gasteiger partial charge in [-0.15, -0.1) is 0 Å². The van der Waals surface area contributed by atoms with Gasteiger partial charge in [-0.2, -0.15) is 0 Å². The van der Waals surface area contributed by atoms with Crippen LogP contribution in [0, 0.1) is 0 Å². The first-order valence-electron chi connectivity index (χ1n) is 9.70. The SMILES string of the molecule is O=C(C[NH+]1CC[NH+](CCCOc2ccc(Cl)cc2)CC1)Nc1ccccc1Cl. The highest BCUT2D eigenvalue weighted by Crippen LogP contribution is 2.20. The standard InChI is InChI=1S/C21H25Cl2N3O2/c22-17-6-8-18(9-7-17)28-15-3-10-25-11-13-26(14-12-25)16-21(27)24-20-5-2-1-4-19(20)23/h1-2,4-9H,3,10-16H2,(H,24,27)/p+2. The maximum absolute atomic E-state index is 12.3. The van der Waals surface area contributed by atoms with Gasteiger partial charge in [-0.05, 0) is 36.4 Å². The Balaban J connectivity index is 1.30. The van der Waals surface area contributed by atoms with Gasteiger partial charge < -0.3 is 19.9 Å². The quantitative estimate of drug-likeness (QED) is 0.558. The Morgan fingerprint density at radius 2 is 1.64 bits per heavy atom.